The van der Waals surface area contributed by atoms with Gasteiger partial charge in [0, 0.05) is 0 Å². The van der Waals surface area contributed by atoms with Crippen molar-refractivity contribution in [1.29, 1.82) is 0 Å². The van der Waals surface area contributed by atoms with Crippen molar-refractivity contribution in [2.24, 2.45) is 0 Å². The number of nitrogens with zero attached hydrogens (tertiary/aromatic N) is 1. The van der Waals surface area contributed by atoms with Crippen LogP contribution in [0.3, 0.4) is 0 Å². The van der Waals surface area contributed by atoms with Crippen molar-refractivity contribution in [1.82, 2.24) is 0 Å². The van der Waals surface area contributed by atoms with Gasteiger partial charge in [-0.05, 0) is 18.2 Å². The van der Waals surface area contributed by atoms with E-state index in [2.05, 4.69) is 12.6 Å². The maximum absolute atomic E-state index is 12.7. The molecule has 0 atom stereocenters. The molecule has 0 bridgehead atoms. The molecular formula is C10H8F3NOS. The van der Waals surface area contributed by atoms with Gasteiger partial charge < -0.3 is 4.84 Å². The second-order valence-corrected chi connectivity index (χ2v) is 3.65. The fourth-order valence-corrected chi connectivity index (χ4v) is 1.61. The highest BCUT2D eigenvalue weighted by Gasteiger charge is 2.35. The van der Waals surface area contributed by atoms with E-state index in [4.69, 9.17) is 4.84 Å². The van der Waals surface area contributed by atoms with Crippen molar-refractivity contribution in [2.75, 3.05) is 11.6 Å². The molecule has 0 saturated carbocycles. The molecule has 0 unspecified atom stereocenters. The molecule has 2 nitrogen and oxygen atoms in total. The topological polar surface area (TPSA) is 12.5 Å². The van der Waals surface area contributed by atoms with Crippen molar-refractivity contribution >= 4 is 18.3 Å². The summed E-state index contributed by atoms with van der Waals surface area (Å²) in [6, 6.07) is 5.26. The zero-order valence-electron chi connectivity index (χ0n) is 8.03. The number of hydrogen-bond acceptors (Lipinski definition) is 3. The average molecular weight is 247 g/mol. The lowest BCUT2D eigenvalue weighted by Crippen LogP contribution is -2.21. The number of halogens is 3. The van der Waals surface area contributed by atoms with Crippen LogP contribution in [0.15, 0.2) is 35.4 Å². The Morgan fingerprint density at radius 1 is 1.25 bits per heavy atom. The molecule has 0 radical (unpaired) electrons. The third-order valence-corrected chi connectivity index (χ3v) is 2.38. The Labute approximate surface area is 95.7 Å². The molecule has 0 fully saturated rings. The molecule has 0 amide bonds. The zero-order valence-corrected chi connectivity index (χ0v) is 8.92. The largest absolute Gasteiger partial charge is 0.418 e. The highest BCUT2D eigenvalue weighted by molar-refractivity contribution is 7.84. The first kappa shape index (κ1) is 11.2. The predicted molar refractivity (Wildman–Crippen MR) is 56.9 cm³/mol. The molecule has 2 rings (SSSR count). The van der Waals surface area contributed by atoms with Gasteiger partial charge in [0.25, 0.3) is 0 Å². The van der Waals surface area contributed by atoms with Crippen LogP contribution in [0.1, 0.15) is 5.56 Å². The van der Waals surface area contributed by atoms with Crippen molar-refractivity contribution in [2.45, 2.75) is 6.18 Å². The minimum Gasteiger partial charge on any atom is -0.373 e. The van der Waals surface area contributed by atoms with E-state index in [-0.39, 0.29) is 12.2 Å². The van der Waals surface area contributed by atoms with Crippen LogP contribution in [0, 0.1) is 0 Å². The Balaban J connectivity index is 2.35. The van der Waals surface area contributed by atoms with Crippen molar-refractivity contribution in [3.63, 3.8) is 0 Å². The van der Waals surface area contributed by atoms with Crippen LogP contribution >= 0.6 is 12.6 Å². The number of thiol groups is 1. The summed E-state index contributed by atoms with van der Waals surface area (Å²) in [6.45, 7) is 0.256. The summed E-state index contributed by atoms with van der Waals surface area (Å²) in [5.74, 6) is 0. The number of alkyl halides is 3. The molecule has 0 saturated heterocycles. The van der Waals surface area contributed by atoms with Gasteiger partial charge in [0.15, 0.2) is 5.09 Å². The van der Waals surface area contributed by atoms with Crippen molar-refractivity contribution in [3.05, 3.63) is 41.0 Å². The Bertz CT molecular complexity index is 430. The summed E-state index contributed by atoms with van der Waals surface area (Å²) >= 11 is 3.92. The van der Waals surface area contributed by atoms with Crippen LogP contribution in [0.4, 0.5) is 18.9 Å². The molecule has 1 aliphatic heterocycles. The van der Waals surface area contributed by atoms with Gasteiger partial charge in [-0.25, -0.2) is 5.06 Å². The minimum atomic E-state index is -4.39. The Morgan fingerprint density at radius 2 is 1.94 bits per heavy atom. The van der Waals surface area contributed by atoms with E-state index < -0.39 is 11.7 Å². The average Bonchev–Trinajstić information content (AvgIpc) is 2.64. The molecule has 0 aliphatic carbocycles. The van der Waals surface area contributed by atoms with Crippen LogP contribution < -0.4 is 5.06 Å². The van der Waals surface area contributed by atoms with Crippen LogP contribution in [0.25, 0.3) is 0 Å². The van der Waals surface area contributed by atoms with Crippen LogP contribution in [0.5, 0.6) is 0 Å². The second kappa shape index (κ2) is 3.93. The third-order valence-electron chi connectivity index (χ3n) is 2.11. The Hall–Kier alpha value is -1.30. The number of benzene rings is 1. The van der Waals surface area contributed by atoms with Gasteiger partial charge in [-0.1, -0.05) is 12.1 Å². The summed E-state index contributed by atoms with van der Waals surface area (Å²) < 4.78 is 38.0. The molecule has 0 spiro atoms. The summed E-state index contributed by atoms with van der Waals surface area (Å²) in [4.78, 5) is 5.04. The monoisotopic (exact) mass is 247 g/mol. The summed E-state index contributed by atoms with van der Waals surface area (Å²) in [6.07, 6.45) is -2.80. The van der Waals surface area contributed by atoms with E-state index in [1.165, 1.54) is 18.2 Å². The summed E-state index contributed by atoms with van der Waals surface area (Å²) in [7, 11) is 0. The highest BCUT2D eigenvalue weighted by Crippen LogP contribution is 2.37. The third kappa shape index (κ3) is 2.11. The van der Waals surface area contributed by atoms with E-state index >= 15 is 0 Å². The zero-order chi connectivity index (χ0) is 11.8. The molecular weight excluding hydrogens is 239 g/mol. The Morgan fingerprint density at radius 3 is 2.50 bits per heavy atom. The maximum atomic E-state index is 12.7. The first-order valence-corrected chi connectivity index (χ1v) is 4.94. The second-order valence-electron chi connectivity index (χ2n) is 3.21. The quantitative estimate of drug-likeness (QED) is 0.765. The molecule has 1 aromatic rings. The highest BCUT2D eigenvalue weighted by atomic mass is 32.1. The van der Waals surface area contributed by atoms with Gasteiger partial charge >= 0.3 is 6.18 Å². The van der Waals surface area contributed by atoms with E-state index in [0.29, 0.717) is 5.09 Å². The normalized spacial score (nSPS) is 16.0. The molecule has 6 heteroatoms. The van der Waals surface area contributed by atoms with Gasteiger partial charge in [0.05, 0.1) is 17.8 Å². The first-order valence-electron chi connectivity index (χ1n) is 4.49. The number of para-hydroxylation sites is 1. The van der Waals surface area contributed by atoms with Gasteiger partial charge in [-0.2, -0.15) is 13.2 Å². The van der Waals surface area contributed by atoms with Crippen molar-refractivity contribution < 1.29 is 18.0 Å². The fraction of sp³-hybridized carbons (Fsp3) is 0.200. The van der Waals surface area contributed by atoms with E-state index in [0.717, 1.165) is 11.1 Å². The molecule has 1 aliphatic rings. The maximum Gasteiger partial charge on any atom is 0.418 e. The lowest BCUT2D eigenvalue weighted by atomic mass is 10.1. The van der Waals surface area contributed by atoms with Crippen LogP contribution in [-0.2, 0) is 11.0 Å². The number of hydrogen-bond donors (Lipinski definition) is 1. The van der Waals surface area contributed by atoms with Gasteiger partial charge in [0.1, 0.15) is 0 Å². The number of hydroxylamine groups is 1. The predicted octanol–water partition coefficient (Wildman–Crippen LogP) is 3.23. The summed E-state index contributed by atoms with van der Waals surface area (Å²) in [5.41, 5.74) is -0.721. The smallest absolute Gasteiger partial charge is 0.373 e. The van der Waals surface area contributed by atoms with Gasteiger partial charge in [0.2, 0.25) is 0 Å². The molecule has 1 aromatic carbocycles. The standard InChI is InChI=1S/C10H8F3NOS/c11-10(12,13)7-3-1-2-4-8(7)14-6-5-9(16)15-14/h1-5,16H,6H2. The molecule has 86 valence electrons. The van der Waals surface area contributed by atoms with Crippen molar-refractivity contribution in [3.8, 4) is 0 Å². The van der Waals surface area contributed by atoms with Gasteiger partial charge in [-0.15, -0.1) is 12.6 Å². The Kier molecular flexibility index (Phi) is 2.75. The molecule has 0 N–H and O–H groups in total. The lowest BCUT2D eigenvalue weighted by Gasteiger charge is -2.21. The molecule has 16 heavy (non-hydrogen) atoms. The van der Waals surface area contributed by atoms with E-state index in [1.54, 1.807) is 6.08 Å². The SMILES string of the molecule is FC(F)(F)c1ccccc1N1CC=C(S)O1. The minimum absolute atomic E-state index is 0.00435. The van der Waals surface area contributed by atoms with E-state index in [9.17, 15) is 13.2 Å². The first-order chi connectivity index (χ1) is 7.48. The number of anilines is 1. The van der Waals surface area contributed by atoms with Crippen LogP contribution in [0.2, 0.25) is 0 Å². The van der Waals surface area contributed by atoms with Gasteiger partial charge in [-0.3, -0.25) is 0 Å². The molecule has 0 aromatic heterocycles. The summed E-state index contributed by atoms with van der Waals surface area (Å²) in [5, 5.41) is 1.46. The lowest BCUT2D eigenvalue weighted by molar-refractivity contribution is -0.137. The van der Waals surface area contributed by atoms with E-state index in [1.807, 2.05) is 0 Å². The van der Waals surface area contributed by atoms with Crippen LogP contribution in [-0.4, -0.2) is 6.54 Å². The fourth-order valence-electron chi connectivity index (χ4n) is 1.43. The molecule has 1 heterocycles. The number of rotatable bonds is 1.